The lowest BCUT2D eigenvalue weighted by molar-refractivity contribution is -0.190. The minimum Gasteiger partial charge on any atom is -0.396 e. The van der Waals surface area contributed by atoms with Gasteiger partial charge in [-0.2, -0.15) is 0 Å². The molecular weight excluding hydrogens is 264 g/mol. The quantitative estimate of drug-likeness (QED) is 0.491. The van der Waals surface area contributed by atoms with Gasteiger partial charge in [0.15, 0.2) is 6.29 Å². The molecule has 1 aliphatic rings. The third-order valence-corrected chi connectivity index (χ3v) is 4.11. The lowest BCUT2D eigenvalue weighted by Gasteiger charge is -2.34. The molecule has 3 nitrogen and oxygen atoms in total. The number of rotatable bonds is 10. The molecule has 0 amide bonds. The fourth-order valence-electron chi connectivity index (χ4n) is 2.82. The van der Waals surface area contributed by atoms with Gasteiger partial charge in [-0.05, 0) is 37.2 Å². The van der Waals surface area contributed by atoms with Crippen molar-refractivity contribution in [2.24, 2.45) is 11.8 Å². The fraction of sp³-hybridized carbons (Fsp3) is 0.667. The minimum absolute atomic E-state index is 0.184. The van der Waals surface area contributed by atoms with Crippen LogP contribution in [0.15, 0.2) is 37.0 Å². The molecule has 1 atom stereocenters. The maximum absolute atomic E-state index is 8.97. The molecule has 0 bridgehead atoms. The van der Waals surface area contributed by atoms with Gasteiger partial charge in [-0.3, -0.25) is 0 Å². The SMILES string of the molecule is C=C/C=C(\CCCO)C1OCC(C(CC)CCC=C)CO1. The average molecular weight is 294 g/mol. The highest BCUT2D eigenvalue weighted by Crippen LogP contribution is 2.28. The molecule has 1 aliphatic heterocycles. The van der Waals surface area contributed by atoms with Gasteiger partial charge in [-0.1, -0.05) is 38.2 Å². The van der Waals surface area contributed by atoms with Crippen molar-refractivity contribution in [1.82, 2.24) is 0 Å². The van der Waals surface area contributed by atoms with E-state index in [0.717, 1.165) is 50.9 Å². The van der Waals surface area contributed by atoms with Crippen molar-refractivity contribution in [2.75, 3.05) is 19.8 Å². The Balaban J connectivity index is 2.50. The second kappa shape index (κ2) is 10.8. The van der Waals surface area contributed by atoms with Gasteiger partial charge in [-0.25, -0.2) is 0 Å². The molecule has 0 aromatic heterocycles. The van der Waals surface area contributed by atoms with Crippen LogP contribution in [0.4, 0.5) is 0 Å². The average Bonchev–Trinajstić information content (AvgIpc) is 2.53. The predicted molar refractivity (Wildman–Crippen MR) is 87.0 cm³/mol. The van der Waals surface area contributed by atoms with Crippen molar-refractivity contribution in [3.05, 3.63) is 37.0 Å². The zero-order valence-corrected chi connectivity index (χ0v) is 13.3. The molecular formula is C18H30O3. The molecule has 1 saturated heterocycles. The van der Waals surface area contributed by atoms with Crippen LogP contribution in [-0.4, -0.2) is 31.2 Å². The highest BCUT2D eigenvalue weighted by molar-refractivity contribution is 5.13. The van der Waals surface area contributed by atoms with Crippen molar-refractivity contribution < 1.29 is 14.6 Å². The number of aliphatic hydroxyl groups excluding tert-OH is 1. The van der Waals surface area contributed by atoms with Gasteiger partial charge in [0.1, 0.15) is 0 Å². The van der Waals surface area contributed by atoms with E-state index in [0.29, 0.717) is 11.8 Å². The van der Waals surface area contributed by atoms with Crippen LogP contribution in [0.5, 0.6) is 0 Å². The van der Waals surface area contributed by atoms with Crippen LogP contribution < -0.4 is 0 Å². The van der Waals surface area contributed by atoms with Crippen LogP contribution in [0.25, 0.3) is 0 Å². The number of hydrogen-bond donors (Lipinski definition) is 1. The molecule has 1 heterocycles. The molecule has 0 aliphatic carbocycles. The van der Waals surface area contributed by atoms with E-state index in [9.17, 15) is 0 Å². The van der Waals surface area contributed by atoms with E-state index in [1.165, 1.54) is 0 Å². The molecule has 1 N–H and O–H groups in total. The first-order valence-electron chi connectivity index (χ1n) is 8.03. The molecule has 0 radical (unpaired) electrons. The first-order valence-corrected chi connectivity index (χ1v) is 8.03. The summed E-state index contributed by atoms with van der Waals surface area (Å²) in [5, 5.41) is 8.97. The number of allylic oxidation sites excluding steroid dienone is 3. The Morgan fingerprint density at radius 2 is 2.05 bits per heavy atom. The third-order valence-electron chi connectivity index (χ3n) is 4.11. The van der Waals surface area contributed by atoms with Crippen LogP contribution in [0.3, 0.4) is 0 Å². The van der Waals surface area contributed by atoms with Crippen LogP contribution in [0.2, 0.25) is 0 Å². The first kappa shape index (κ1) is 18.1. The highest BCUT2D eigenvalue weighted by Gasteiger charge is 2.28. The van der Waals surface area contributed by atoms with E-state index in [1.54, 1.807) is 6.08 Å². The van der Waals surface area contributed by atoms with Crippen molar-refractivity contribution in [1.29, 1.82) is 0 Å². The monoisotopic (exact) mass is 294 g/mol. The zero-order valence-electron chi connectivity index (χ0n) is 13.3. The number of ether oxygens (including phenoxy) is 2. The standard InChI is InChI=1S/C18H30O3/c1-4-7-10-15(6-3)17-13-20-18(21-14-17)16(9-5-2)11-8-12-19/h4-5,9,15,17-19H,1-2,6-8,10-14H2,3H3/b16-9+. The van der Waals surface area contributed by atoms with Crippen LogP contribution in [0.1, 0.15) is 39.0 Å². The summed E-state index contributed by atoms with van der Waals surface area (Å²) in [6.07, 6.45) is 10.3. The Morgan fingerprint density at radius 3 is 2.57 bits per heavy atom. The summed E-state index contributed by atoms with van der Waals surface area (Å²) in [4.78, 5) is 0. The second-order valence-electron chi connectivity index (χ2n) is 5.60. The molecule has 120 valence electrons. The van der Waals surface area contributed by atoms with E-state index < -0.39 is 0 Å². The highest BCUT2D eigenvalue weighted by atomic mass is 16.7. The summed E-state index contributed by atoms with van der Waals surface area (Å²) in [7, 11) is 0. The Bertz CT molecular complexity index is 327. The molecule has 1 rings (SSSR count). The second-order valence-corrected chi connectivity index (χ2v) is 5.60. The lowest BCUT2D eigenvalue weighted by atomic mass is 9.86. The molecule has 0 saturated carbocycles. The molecule has 0 aromatic rings. The predicted octanol–water partition coefficient (Wildman–Crippen LogP) is 3.85. The Kier molecular flexibility index (Phi) is 9.31. The molecule has 1 fully saturated rings. The summed E-state index contributed by atoms with van der Waals surface area (Å²) >= 11 is 0. The number of hydrogen-bond acceptors (Lipinski definition) is 3. The summed E-state index contributed by atoms with van der Waals surface area (Å²) in [5.41, 5.74) is 1.07. The van der Waals surface area contributed by atoms with Crippen molar-refractivity contribution in [2.45, 2.75) is 45.3 Å². The van der Waals surface area contributed by atoms with E-state index in [1.807, 2.05) is 12.2 Å². The van der Waals surface area contributed by atoms with E-state index in [-0.39, 0.29) is 12.9 Å². The van der Waals surface area contributed by atoms with Crippen molar-refractivity contribution in [3.63, 3.8) is 0 Å². The lowest BCUT2D eigenvalue weighted by Crippen LogP contribution is -2.37. The molecule has 21 heavy (non-hydrogen) atoms. The van der Waals surface area contributed by atoms with E-state index in [2.05, 4.69) is 20.1 Å². The van der Waals surface area contributed by atoms with Crippen LogP contribution >= 0.6 is 0 Å². The Morgan fingerprint density at radius 1 is 1.33 bits per heavy atom. The zero-order chi connectivity index (χ0) is 15.5. The third kappa shape index (κ3) is 6.16. The fourth-order valence-corrected chi connectivity index (χ4v) is 2.82. The van der Waals surface area contributed by atoms with Gasteiger partial charge in [0, 0.05) is 12.5 Å². The maximum atomic E-state index is 8.97. The molecule has 0 aromatic carbocycles. The maximum Gasteiger partial charge on any atom is 0.180 e. The van der Waals surface area contributed by atoms with Gasteiger partial charge in [0.05, 0.1) is 13.2 Å². The molecule has 3 heteroatoms. The minimum atomic E-state index is -0.275. The van der Waals surface area contributed by atoms with E-state index in [4.69, 9.17) is 14.6 Å². The first-order chi connectivity index (χ1) is 10.3. The molecule has 1 unspecified atom stereocenters. The van der Waals surface area contributed by atoms with Crippen LogP contribution in [-0.2, 0) is 9.47 Å². The van der Waals surface area contributed by atoms with Crippen LogP contribution in [0, 0.1) is 11.8 Å². The van der Waals surface area contributed by atoms with Crippen molar-refractivity contribution >= 4 is 0 Å². The summed E-state index contributed by atoms with van der Waals surface area (Å²) in [6.45, 7) is 11.4. The van der Waals surface area contributed by atoms with E-state index >= 15 is 0 Å². The van der Waals surface area contributed by atoms with Crippen molar-refractivity contribution in [3.8, 4) is 0 Å². The Hall–Kier alpha value is -0.900. The topological polar surface area (TPSA) is 38.7 Å². The van der Waals surface area contributed by atoms with Gasteiger partial charge in [-0.15, -0.1) is 6.58 Å². The number of aliphatic hydroxyl groups is 1. The van der Waals surface area contributed by atoms with Gasteiger partial charge in [0.2, 0.25) is 0 Å². The Labute approximate surface area is 129 Å². The van der Waals surface area contributed by atoms with Gasteiger partial charge >= 0.3 is 0 Å². The van der Waals surface area contributed by atoms with Gasteiger partial charge in [0.25, 0.3) is 0 Å². The van der Waals surface area contributed by atoms with Gasteiger partial charge < -0.3 is 14.6 Å². The smallest absolute Gasteiger partial charge is 0.180 e. The normalized spacial score (nSPS) is 24.6. The largest absolute Gasteiger partial charge is 0.396 e. The molecule has 0 spiro atoms. The summed E-state index contributed by atoms with van der Waals surface area (Å²) in [6, 6.07) is 0. The summed E-state index contributed by atoms with van der Waals surface area (Å²) < 4.78 is 11.8. The summed E-state index contributed by atoms with van der Waals surface area (Å²) in [5.74, 6) is 1.10.